The molecular formula is C20H22N4O3S2. The van der Waals surface area contributed by atoms with Crippen molar-refractivity contribution in [2.45, 2.75) is 31.2 Å². The third-order valence-electron chi connectivity index (χ3n) is 4.79. The number of amides is 1. The molecule has 2 aromatic heterocycles. The Hall–Kier alpha value is -2.36. The van der Waals surface area contributed by atoms with E-state index in [1.165, 1.54) is 23.1 Å². The van der Waals surface area contributed by atoms with Gasteiger partial charge in [-0.1, -0.05) is 42.1 Å². The van der Waals surface area contributed by atoms with Crippen LogP contribution in [0, 0.1) is 0 Å². The minimum absolute atomic E-state index is 0.0115. The molecule has 1 fully saturated rings. The highest BCUT2D eigenvalue weighted by molar-refractivity contribution is 7.99. The van der Waals surface area contributed by atoms with E-state index in [-0.39, 0.29) is 29.4 Å². The van der Waals surface area contributed by atoms with Crippen molar-refractivity contribution in [3.63, 3.8) is 0 Å². The lowest BCUT2D eigenvalue weighted by Crippen LogP contribution is -2.48. The van der Waals surface area contributed by atoms with Crippen LogP contribution in [-0.4, -0.2) is 51.5 Å². The van der Waals surface area contributed by atoms with E-state index >= 15 is 0 Å². The lowest BCUT2D eigenvalue weighted by molar-refractivity contribution is -0.140. The van der Waals surface area contributed by atoms with Crippen molar-refractivity contribution in [3.8, 4) is 11.1 Å². The average Bonchev–Trinajstić information content (AvgIpc) is 3.13. The van der Waals surface area contributed by atoms with Crippen molar-refractivity contribution >= 4 is 39.2 Å². The summed E-state index contributed by atoms with van der Waals surface area (Å²) in [6.45, 7) is 5.04. The quantitative estimate of drug-likeness (QED) is 0.389. The number of hydrogen-bond donors (Lipinski definition) is 1. The maximum Gasteiger partial charge on any atom is 0.282 e. The second-order valence-corrected chi connectivity index (χ2v) is 8.91. The summed E-state index contributed by atoms with van der Waals surface area (Å²) in [4.78, 5) is 32.5. The van der Waals surface area contributed by atoms with E-state index < -0.39 is 0 Å². The topological polar surface area (TPSA) is 90.5 Å². The number of benzene rings is 1. The predicted molar refractivity (Wildman–Crippen MR) is 117 cm³/mol. The van der Waals surface area contributed by atoms with E-state index in [1.54, 1.807) is 4.90 Å². The van der Waals surface area contributed by atoms with Crippen molar-refractivity contribution in [3.05, 3.63) is 46.1 Å². The van der Waals surface area contributed by atoms with Crippen LogP contribution >= 0.6 is 23.1 Å². The molecule has 7 nitrogen and oxygen atoms in total. The highest BCUT2D eigenvalue weighted by atomic mass is 32.2. The summed E-state index contributed by atoms with van der Waals surface area (Å²) in [6, 6.07) is 9.69. The fourth-order valence-electron chi connectivity index (χ4n) is 3.52. The Balaban J connectivity index is 1.57. The molecule has 1 aliphatic heterocycles. The number of aromatic nitrogens is 2. The maximum absolute atomic E-state index is 12.9. The Morgan fingerprint density at radius 1 is 1.28 bits per heavy atom. The van der Waals surface area contributed by atoms with Crippen LogP contribution in [0.3, 0.4) is 0 Å². The summed E-state index contributed by atoms with van der Waals surface area (Å²) >= 11 is 2.59. The van der Waals surface area contributed by atoms with Gasteiger partial charge in [-0.2, -0.15) is 0 Å². The van der Waals surface area contributed by atoms with Gasteiger partial charge in [0.1, 0.15) is 4.83 Å². The summed E-state index contributed by atoms with van der Waals surface area (Å²) < 4.78 is 6.72. The number of nitrogens with zero attached hydrogens (tertiary/aromatic N) is 3. The van der Waals surface area contributed by atoms with Crippen LogP contribution in [0.4, 0.5) is 0 Å². The molecule has 2 N–H and O–H groups in total. The van der Waals surface area contributed by atoms with Crippen LogP contribution < -0.4 is 11.4 Å². The molecule has 9 heteroatoms. The Morgan fingerprint density at radius 2 is 1.97 bits per heavy atom. The maximum atomic E-state index is 12.9. The third-order valence-corrected chi connectivity index (χ3v) is 6.60. The molecule has 152 valence electrons. The fourth-order valence-corrected chi connectivity index (χ4v) is 5.32. The normalized spacial score (nSPS) is 19.6. The molecule has 3 heterocycles. The molecule has 2 atom stereocenters. The van der Waals surface area contributed by atoms with Crippen molar-refractivity contribution < 1.29 is 9.53 Å². The van der Waals surface area contributed by atoms with Gasteiger partial charge in [-0.25, -0.2) is 9.66 Å². The van der Waals surface area contributed by atoms with Crippen LogP contribution in [0.2, 0.25) is 0 Å². The molecule has 0 unspecified atom stereocenters. The van der Waals surface area contributed by atoms with E-state index in [2.05, 4.69) is 4.98 Å². The Morgan fingerprint density at radius 3 is 2.66 bits per heavy atom. The zero-order chi connectivity index (χ0) is 20.5. The molecule has 3 aromatic rings. The van der Waals surface area contributed by atoms with Gasteiger partial charge in [-0.3, -0.25) is 9.59 Å². The second kappa shape index (κ2) is 8.17. The summed E-state index contributed by atoms with van der Waals surface area (Å²) in [6.07, 6.45) is 0.0229. The number of nitrogen functional groups attached to an aromatic ring is 1. The number of ether oxygens (including phenoxy) is 1. The monoisotopic (exact) mass is 430 g/mol. The van der Waals surface area contributed by atoms with Gasteiger partial charge in [0.2, 0.25) is 5.91 Å². The van der Waals surface area contributed by atoms with Crippen molar-refractivity contribution in [1.29, 1.82) is 0 Å². The number of carbonyl (C=O) groups is 1. The molecule has 29 heavy (non-hydrogen) atoms. The number of fused-ring (bicyclic) bond motifs is 1. The van der Waals surface area contributed by atoms with Gasteiger partial charge in [-0.05, 0) is 19.4 Å². The van der Waals surface area contributed by atoms with Gasteiger partial charge in [0.15, 0.2) is 5.16 Å². The van der Waals surface area contributed by atoms with Gasteiger partial charge in [0.05, 0.1) is 23.3 Å². The lowest BCUT2D eigenvalue weighted by Gasteiger charge is -2.35. The first-order valence-electron chi connectivity index (χ1n) is 9.35. The predicted octanol–water partition coefficient (Wildman–Crippen LogP) is 2.57. The second-order valence-electron chi connectivity index (χ2n) is 7.11. The van der Waals surface area contributed by atoms with Crippen LogP contribution in [0.5, 0.6) is 0 Å². The van der Waals surface area contributed by atoms with Crippen LogP contribution in [-0.2, 0) is 9.53 Å². The molecule has 0 radical (unpaired) electrons. The molecule has 0 saturated carbocycles. The van der Waals surface area contributed by atoms with E-state index in [1.807, 2.05) is 49.6 Å². The zero-order valence-corrected chi connectivity index (χ0v) is 17.8. The Kier molecular flexibility index (Phi) is 5.62. The summed E-state index contributed by atoms with van der Waals surface area (Å²) in [5, 5.41) is 2.77. The average molecular weight is 431 g/mol. The van der Waals surface area contributed by atoms with E-state index in [9.17, 15) is 9.59 Å². The van der Waals surface area contributed by atoms with Crippen LogP contribution in [0.25, 0.3) is 21.3 Å². The highest BCUT2D eigenvalue weighted by Gasteiger charge is 2.26. The first-order valence-corrected chi connectivity index (χ1v) is 11.2. The van der Waals surface area contributed by atoms with Crippen molar-refractivity contribution in [2.24, 2.45) is 0 Å². The molecule has 1 amide bonds. The number of hydrogen-bond acceptors (Lipinski definition) is 7. The number of thiophene rings is 1. The minimum Gasteiger partial charge on any atom is -0.372 e. The van der Waals surface area contributed by atoms with E-state index in [0.717, 1.165) is 15.8 Å². The standard InChI is InChI=1S/C20H22N4O3S2/c1-12-8-23(9-13(2)27-12)16(25)11-29-20-22-18-17(19(26)24(20)21)15(10-28-18)14-6-4-3-5-7-14/h3-7,10,12-13H,8-9,11,21H2,1-2H3/t12-,13+. The molecular weight excluding hydrogens is 408 g/mol. The van der Waals surface area contributed by atoms with Gasteiger partial charge in [-0.15, -0.1) is 11.3 Å². The molecule has 1 saturated heterocycles. The van der Waals surface area contributed by atoms with E-state index in [4.69, 9.17) is 10.6 Å². The summed E-state index contributed by atoms with van der Waals surface area (Å²) in [5.74, 6) is 6.20. The number of thioether (sulfide) groups is 1. The molecule has 0 bridgehead atoms. The first-order chi connectivity index (χ1) is 13.9. The SMILES string of the molecule is C[C@@H]1CN(C(=O)CSc2nc3scc(-c4ccccc4)c3c(=O)n2N)C[C@H](C)O1. The van der Waals surface area contributed by atoms with Crippen molar-refractivity contribution in [2.75, 3.05) is 24.7 Å². The van der Waals surface area contributed by atoms with Gasteiger partial charge in [0, 0.05) is 24.0 Å². The molecule has 0 aliphatic carbocycles. The number of morpholine rings is 1. The smallest absolute Gasteiger partial charge is 0.282 e. The largest absolute Gasteiger partial charge is 0.372 e. The lowest BCUT2D eigenvalue weighted by atomic mass is 10.1. The number of carbonyl (C=O) groups excluding carboxylic acids is 1. The molecule has 0 spiro atoms. The third kappa shape index (κ3) is 4.03. The zero-order valence-electron chi connectivity index (χ0n) is 16.2. The van der Waals surface area contributed by atoms with Crippen molar-refractivity contribution in [1.82, 2.24) is 14.6 Å². The minimum atomic E-state index is -0.307. The van der Waals surface area contributed by atoms with E-state index in [0.29, 0.717) is 28.5 Å². The fraction of sp³-hybridized carbons (Fsp3) is 0.350. The summed E-state index contributed by atoms with van der Waals surface area (Å²) in [7, 11) is 0. The Labute approximate surface area is 176 Å². The number of rotatable bonds is 4. The van der Waals surface area contributed by atoms with Crippen LogP contribution in [0.15, 0.2) is 45.7 Å². The van der Waals surface area contributed by atoms with Crippen LogP contribution in [0.1, 0.15) is 13.8 Å². The molecule has 4 rings (SSSR count). The van der Waals surface area contributed by atoms with Gasteiger partial charge >= 0.3 is 0 Å². The van der Waals surface area contributed by atoms with Gasteiger partial charge < -0.3 is 15.5 Å². The molecule has 1 aliphatic rings. The van der Waals surface area contributed by atoms with Gasteiger partial charge in [0.25, 0.3) is 5.56 Å². The Bertz CT molecular complexity index is 1090. The number of nitrogens with two attached hydrogens (primary N) is 1. The molecule has 1 aromatic carbocycles. The highest BCUT2D eigenvalue weighted by Crippen LogP contribution is 2.31. The summed E-state index contributed by atoms with van der Waals surface area (Å²) in [5.41, 5.74) is 1.47. The first kappa shape index (κ1) is 19.9.